The molecule has 3 aromatic carbocycles. The minimum Gasteiger partial charge on any atom is -0.481 e. The summed E-state index contributed by atoms with van der Waals surface area (Å²) in [7, 11) is 0. The van der Waals surface area contributed by atoms with Gasteiger partial charge in [0.25, 0.3) is 5.91 Å². The third-order valence-corrected chi connectivity index (χ3v) is 4.41. The number of carbonyl (C=O) groups excluding carboxylic acids is 2. The van der Waals surface area contributed by atoms with Gasteiger partial charge in [-0.3, -0.25) is 9.59 Å². The van der Waals surface area contributed by atoms with Crippen LogP contribution in [0.25, 0.3) is 0 Å². The Morgan fingerprint density at radius 2 is 1.45 bits per heavy atom. The van der Waals surface area contributed by atoms with E-state index < -0.39 is 23.6 Å². The Morgan fingerprint density at radius 3 is 2.03 bits per heavy atom. The van der Waals surface area contributed by atoms with Crippen molar-refractivity contribution in [3.63, 3.8) is 0 Å². The minimum atomic E-state index is -0.866. The largest absolute Gasteiger partial charge is 0.481 e. The first-order valence-corrected chi connectivity index (χ1v) is 9.04. The Kier molecular flexibility index (Phi) is 6.24. The molecular formula is C22H16ClF2NO3. The molecule has 29 heavy (non-hydrogen) atoms. The molecule has 0 fully saturated rings. The summed E-state index contributed by atoms with van der Waals surface area (Å²) in [4.78, 5) is 24.7. The number of hydrogen-bond acceptors (Lipinski definition) is 3. The van der Waals surface area contributed by atoms with Gasteiger partial charge in [0.2, 0.25) is 0 Å². The lowest BCUT2D eigenvalue weighted by Crippen LogP contribution is -2.30. The summed E-state index contributed by atoms with van der Waals surface area (Å²) in [5.74, 6) is -1.26. The molecule has 3 rings (SSSR count). The van der Waals surface area contributed by atoms with E-state index in [1.165, 1.54) is 36.4 Å². The monoisotopic (exact) mass is 415 g/mol. The van der Waals surface area contributed by atoms with E-state index >= 15 is 0 Å². The van der Waals surface area contributed by atoms with Gasteiger partial charge in [0, 0.05) is 11.1 Å². The van der Waals surface area contributed by atoms with Crippen LogP contribution < -0.4 is 10.1 Å². The quantitative estimate of drug-likeness (QED) is 0.559. The Labute approximate surface area is 171 Å². The van der Waals surface area contributed by atoms with E-state index in [1.807, 2.05) is 0 Å². The molecule has 0 bridgehead atoms. The second-order valence-corrected chi connectivity index (χ2v) is 6.64. The maximum Gasteiger partial charge on any atom is 0.265 e. The zero-order valence-corrected chi connectivity index (χ0v) is 16.0. The summed E-state index contributed by atoms with van der Waals surface area (Å²) in [6.45, 7) is 1.55. The highest BCUT2D eigenvalue weighted by atomic mass is 35.5. The van der Waals surface area contributed by atoms with Crippen molar-refractivity contribution in [3.05, 3.63) is 94.5 Å². The summed E-state index contributed by atoms with van der Waals surface area (Å²) in [6, 6.07) is 15.1. The molecule has 3 aromatic rings. The highest BCUT2D eigenvalue weighted by Gasteiger charge is 2.17. The Bertz CT molecular complexity index is 1040. The van der Waals surface area contributed by atoms with E-state index in [9.17, 15) is 18.4 Å². The average Bonchev–Trinajstić information content (AvgIpc) is 2.70. The van der Waals surface area contributed by atoms with Crippen molar-refractivity contribution >= 4 is 29.0 Å². The Hall–Kier alpha value is -3.25. The summed E-state index contributed by atoms with van der Waals surface area (Å²) in [5, 5.41) is 2.64. The van der Waals surface area contributed by atoms with Crippen LogP contribution in [0.15, 0.2) is 66.7 Å². The third kappa shape index (κ3) is 5.18. The van der Waals surface area contributed by atoms with Crippen molar-refractivity contribution in [1.82, 2.24) is 0 Å². The van der Waals surface area contributed by atoms with Gasteiger partial charge in [-0.1, -0.05) is 11.6 Å². The molecule has 0 saturated heterocycles. The second-order valence-electron chi connectivity index (χ2n) is 6.23. The van der Waals surface area contributed by atoms with E-state index in [2.05, 4.69) is 5.32 Å². The number of anilines is 1. The Balaban J connectivity index is 1.63. The molecule has 148 valence electrons. The number of hydrogen-bond donors (Lipinski definition) is 1. The predicted octanol–water partition coefficient (Wildman–Crippen LogP) is 5.26. The van der Waals surface area contributed by atoms with Crippen LogP contribution >= 0.6 is 11.6 Å². The lowest BCUT2D eigenvalue weighted by molar-refractivity contribution is -0.122. The lowest BCUT2D eigenvalue weighted by Gasteiger charge is -2.15. The van der Waals surface area contributed by atoms with Crippen molar-refractivity contribution in [2.75, 3.05) is 5.32 Å². The first kappa shape index (κ1) is 20.5. The van der Waals surface area contributed by atoms with E-state index in [0.717, 1.165) is 6.07 Å². The maximum absolute atomic E-state index is 13.1. The molecular weight excluding hydrogens is 400 g/mol. The first-order valence-electron chi connectivity index (χ1n) is 8.66. The van der Waals surface area contributed by atoms with Crippen molar-refractivity contribution < 1.29 is 23.1 Å². The molecule has 0 aliphatic rings. The lowest BCUT2D eigenvalue weighted by atomic mass is 10.0. The number of rotatable bonds is 6. The van der Waals surface area contributed by atoms with Gasteiger partial charge < -0.3 is 10.1 Å². The van der Waals surface area contributed by atoms with Crippen LogP contribution in [0, 0.1) is 11.6 Å². The number of halogens is 3. The van der Waals surface area contributed by atoms with Crippen LogP contribution in [-0.2, 0) is 4.79 Å². The molecule has 7 heteroatoms. The van der Waals surface area contributed by atoms with Crippen LogP contribution in [0.4, 0.5) is 14.5 Å². The minimum absolute atomic E-state index is 0.0780. The van der Waals surface area contributed by atoms with Crippen molar-refractivity contribution in [1.29, 1.82) is 0 Å². The van der Waals surface area contributed by atoms with Gasteiger partial charge in [-0.05, 0) is 73.7 Å². The SMILES string of the molecule is C[C@H](Oc1ccc(C(=O)c2ccc(F)cc2)cc1)C(=O)Nc1ccc(F)cc1Cl. The smallest absolute Gasteiger partial charge is 0.265 e. The van der Waals surface area contributed by atoms with Crippen LogP contribution in [-0.4, -0.2) is 17.8 Å². The molecule has 0 unspecified atom stereocenters. The normalized spacial score (nSPS) is 11.6. The highest BCUT2D eigenvalue weighted by Crippen LogP contribution is 2.23. The van der Waals surface area contributed by atoms with Crippen LogP contribution in [0.5, 0.6) is 5.75 Å². The van der Waals surface area contributed by atoms with E-state index in [0.29, 0.717) is 16.9 Å². The molecule has 1 atom stereocenters. The molecule has 0 aliphatic carbocycles. The Morgan fingerprint density at radius 1 is 0.897 bits per heavy atom. The highest BCUT2D eigenvalue weighted by molar-refractivity contribution is 6.33. The van der Waals surface area contributed by atoms with Crippen LogP contribution in [0.2, 0.25) is 5.02 Å². The molecule has 0 spiro atoms. The zero-order chi connectivity index (χ0) is 21.0. The topological polar surface area (TPSA) is 55.4 Å². The van der Waals surface area contributed by atoms with Crippen molar-refractivity contribution in [3.8, 4) is 5.75 Å². The predicted molar refractivity (Wildman–Crippen MR) is 106 cm³/mol. The van der Waals surface area contributed by atoms with Gasteiger partial charge >= 0.3 is 0 Å². The first-order chi connectivity index (χ1) is 13.8. The van der Waals surface area contributed by atoms with Gasteiger partial charge in [-0.15, -0.1) is 0 Å². The molecule has 4 nitrogen and oxygen atoms in total. The van der Waals surface area contributed by atoms with Gasteiger partial charge in [0.05, 0.1) is 10.7 Å². The number of ketones is 1. The zero-order valence-electron chi connectivity index (χ0n) is 15.3. The molecule has 0 radical (unpaired) electrons. The van der Waals surface area contributed by atoms with Crippen LogP contribution in [0.1, 0.15) is 22.8 Å². The van der Waals surface area contributed by atoms with Crippen LogP contribution in [0.3, 0.4) is 0 Å². The van der Waals surface area contributed by atoms with E-state index in [-0.39, 0.29) is 16.5 Å². The molecule has 0 aromatic heterocycles. The number of carbonyl (C=O) groups is 2. The third-order valence-electron chi connectivity index (χ3n) is 4.09. The number of nitrogens with one attached hydrogen (secondary N) is 1. The number of ether oxygens (including phenoxy) is 1. The average molecular weight is 416 g/mol. The van der Waals surface area contributed by atoms with E-state index in [4.69, 9.17) is 16.3 Å². The van der Waals surface area contributed by atoms with Gasteiger partial charge in [0.15, 0.2) is 11.9 Å². The molecule has 0 aliphatic heterocycles. The summed E-state index contributed by atoms with van der Waals surface area (Å²) in [6.07, 6.45) is -0.866. The summed E-state index contributed by atoms with van der Waals surface area (Å²) < 4.78 is 31.6. The standard InChI is InChI=1S/C22H16ClF2NO3/c1-13(22(28)26-20-11-8-17(25)12-19(20)23)29-18-9-4-15(5-10-18)21(27)14-2-6-16(24)7-3-14/h2-13H,1H3,(H,26,28)/t13-/m0/s1. The maximum atomic E-state index is 13.1. The number of benzene rings is 3. The summed E-state index contributed by atoms with van der Waals surface area (Å²) in [5.41, 5.74) is 1.04. The van der Waals surface area contributed by atoms with Crippen molar-refractivity contribution in [2.45, 2.75) is 13.0 Å². The molecule has 1 N–H and O–H groups in total. The molecule has 0 saturated carbocycles. The number of amides is 1. The fourth-order valence-corrected chi connectivity index (χ4v) is 2.75. The molecule has 0 heterocycles. The van der Waals surface area contributed by atoms with Gasteiger partial charge in [-0.2, -0.15) is 0 Å². The molecule has 1 amide bonds. The fraction of sp³-hybridized carbons (Fsp3) is 0.0909. The fourth-order valence-electron chi connectivity index (χ4n) is 2.54. The van der Waals surface area contributed by atoms with Crippen molar-refractivity contribution in [2.24, 2.45) is 0 Å². The van der Waals surface area contributed by atoms with E-state index in [1.54, 1.807) is 31.2 Å². The van der Waals surface area contributed by atoms with Gasteiger partial charge in [0.1, 0.15) is 17.4 Å². The summed E-state index contributed by atoms with van der Waals surface area (Å²) >= 11 is 5.90. The second kappa shape index (κ2) is 8.84. The van der Waals surface area contributed by atoms with Gasteiger partial charge in [-0.25, -0.2) is 8.78 Å².